The summed E-state index contributed by atoms with van der Waals surface area (Å²) >= 11 is 0. The average molecular weight is 291 g/mol. The molecule has 2 fully saturated rings. The van der Waals surface area contributed by atoms with Crippen LogP contribution in [0.25, 0.3) is 0 Å². The summed E-state index contributed by atoms with van der Waals surface area (Å²) in [6.45, 7) is 3.11. The standard InChI is InChI=1S/C15H21N3O3/c19-12-3-4-13(14(11-12)18(20)21)16-8-7-15-5-1-9-17(15)10-2-6-15/h3-4,11,16,19H,1-2,5-10H2. The summed E-state index contributed by atoms with van der Waals surface area (Å²) < 4.78 is 0. The number of nitrogens with one attached hydrogen (secondary N) is 1. The number of nitro groups is 1. The molecule has 0 aromatic heterocycles. The van der Waals surface area contributed by atoms with E-state index in [0.717, 1.165) is 13.0 Å². The highest BCUT2D eigenvalue weighted by Gasteiger charge is 2.43. The van der Waals surface area contributed by atoms with Crippen LogP contribution in [-0.2, 0) is 0 Å². The van der Waals surface area contributed by atoms with Gasteiger partial charge in [-0.2, -0.15) is 0 Å². The molecular weight excluding hydrogens is 270 g/mol. The first-order chi connectivity index (χ1) is 10.1. The van der Waals surface area contributed by atoms with Gasteiger partial charge in [-0.25, -0.2) is 0 Å². The minimum atomic E-state index is -0.461. The highest BCUT2D eigenvalue weighted by molar-refractivity contribution is 5.63. The van der Waals surface area contributed by atoms with Crippen molar-refractivity contribution in [2.45, 2.75) is 37.6 Å². The Morgan fingerprint density at radius 1 is 1.33 bits per heavy atom. The molecular formula is C15H21N3O3. The number of fused-ring (bicyclic) bond motifs is 1. The van der Waals surface area contributed by atoms with E-state index in [2.05, 4.69) is 10.2 Å². The Morgan fingerprint density at radius 2 is 2.05 bits per heavy atom. The van der Waals surface area contributed by atoms with Crippen LogP contribution < -0.4 is 5.32 Å². The molecule has 3 rings (SSSR count). The predicted molar refractivity (Wildman–Crippen MR) is 80.6 cm³/mol. The second-order valence-corrected chi connectivity index (χ2v) is 6.05. The quantitative estimate of drug-likeness (QED) is 0.495. The summed E-state index contributed by atoms with van der Waals surface area (Å²) in [5.41, 5.74) is 0.734. The van der Waals surface area contributed by atoms with Gasteiger partial charge in [0, 0.05) is 12.1 Å². The van der Waals surface area contributed by atoms with Gasteiger partial charge in [-0.1, -0.05) is 0 Å². The van der Waals surface area contributed by atoms with Crippen molar-refractivity contribution in [3.63, 3.8) is 0 Å². The second-order valence-electron chi connectivity index (χ2n) is 6.05. The van der Waals surface area contributed by atoms with Crippen LogP contribution in [-0.4, -0.2) is 40.1 Å². The Bertz CT molecular complexity index is 537. The fourth-order valence-electron chi connectivity index (χ4n) is 3.88. The zero-order valence-electron chi connectivity index (χ0n) is 12.0. The van der Waals surface area contributed by atoms with Crippen molar-refractivity contribution >= 4 is 11.4 Å². The van der Waals surface area contributed by atoms with Crippen molar-refractivity contribution in [2.75, 3.05) is 25.0 Å². The summed E-state index contributed by atoms with van der Waals surface area (Å²) in [7, 11) is 0. The van der Waals surface area contributed by atoms with E-state index in [1.165, 1.54) is 50.9 Å². The number of rotatable bonds is 5. The lowest BCUT2D eigenvalue weighted by Crippen LogP contribution is -2.39. The maximum atomic E-state index is 11.0. The lowest BCUT2D eigenvalue weighted by atomic mass is 9.90. The van der Waals surface area contributed by atoms with Gasteiger partial charge >= 0.3 is 0 Å². The summed E-state index contributed by atoms with van der Waals surface area (Å²) in [5.74, 6) is -0.0800. The monoisotopic (exact) mass is 291 g/mol. The van der Waals surface area contributed by atoms with Gasteiger partial charge in [0.2, 0.25) is 0 Å². The minimum absolute atomic E-state index is 0.0674. The largest absolute Gasteiger partial charge is 0.508 e. The zero-order valence-corrected chi connectivity index (χ0v) is 12.0. The fraction of sp³-hybridized carbons (Fsp3) is 0.600. The molecule has 0 spiro atoms. The van der Waals surface area contributed by atoms with E-state index < -0.39 is 4.92 Å². The van der Waals surface area contributed by atoms with Crippen LogP contribution in [0.4, 0.5) is 11.4 Å². The second kappa shape index (κ2) is 5.52. The van der Waals surface area contributed by atoms with Crippen LogP contribution in [0.3, 0.4) is 0 Å². The Kier molecular flexibility index (Phi) is 3.71. The van der Waals surface area contributed by atoms with Gasteiger partial charge < -0.3 is 10.4 Å². The number of nitro benzene ring substituents is 1. The molecule has 0 saturated carbocycles. The highest BCUT2D eigenvalue weighted by Crippen LogP contribution is 2.41. The molecule has 2 N–H and O–H groups in total. The van der Waals surface area contributed by atoms with E-state index in [1.807, 2.05) is 0 Å². The molecule has 0 unspecified atom stereocenters. The highest BCUT2D eigenvalue weighted by atomic mass is 16.6. The van der Waals surface area contributed by atoms with Crippen LogP contribution in [0.15, 0.2) is 18.2 Å². The third-order valence-corrected chi connectivity index (χ3v) is 4.89. The molecule has 0 aliphatic carbocycles. The molecule has 2 aliphatic rings. The van der Waals surface area contributed by atoms with Crippen LogP contribution in [0.2, 0.25) is 0 Å². The first kappa shape index (κ1) is 14.1. The third kappa shape index (κ3) is 2.68. The summed E-state index contributed by atoms with van der Waals surface area (Å²) in [4.78, 5) is 13.1. The number of aromatic hydroxyl groups is 1. The van der Waals surface area contributed by atoms with Crippen LogP contribution >= 0.6 is 0 Å². The molecule has 2 saturated heterocycles. The van der Waals surface area contributed by atoms with Gasteiger partial charge in [-0.3, -0.25) is 15.0 Å². The number of nitrogens with zero attached hydrogens (tertiary/aromatic N) is 2. The smallest absolute Gasteiger partial charge is 0.296 e. The Labute approximate surface area is 123 Å². The van der Waals surface area contributed by atoms with Crippen LogP contribution in [0, 0.1) is 10.1 Å². The summed E-state index contributed by atoms with van der Waals surface area (Å²) in [5, 5.41) is 23.6. The molecule has 0 radical (unpaired) electrons. The maximum Gasteiger partial charge on any atom is 0.296 e. The molecule has 0 atom stereocenters. The van der Waals surface area contributed by atoms with Gasteiger partial charge in [0.15, 0.2) is 0 Å². The molecule has 0 bridgehead atoms. The van der Waals surface area contributed by atoms with Crippen molar-refractivity contribution in [1.82, 2.24) is 4.90 Å². The molecule has 1 aromatic rings. The molecule has 0 amide bonds. The molecule has 114 valence electrons. The predicted octanol–water partition coefficient (Wildman–Crippen LogP) is 2.73. The molecule has 6 nitrogen and oxygen atoms in total. The van der Waals surface area contributed by atoms with E-state index in [-0.39, 0.29) is 11.4 Å². The van der Waals surface area contributed by atoms with E-state index in [9.17, 15) is 15.2 Å². The first-order valence-electron chi connectivity index (χ1n) is 7.57. The number of hydrogen-bond acceptors (Lipinski definition) is 5. The molecule has 6 heteroatoms. The van der Waals surface area contributed by atoms with Crippen molar-refractivity contribution < 1.29 is 10.0 Å². The normalized spacial score (nSPS) is 20.4. The third-order valence-electron chi connectivity index (χ3n) is 4.89. The minimum Gasteiger partial charge on any atom is -0.508 e. The number of hydrogen-bond donors (Lipinski definition) is 2. The maximum absolute atomic E-state index is 11.0. The van der Waals surface area contributed by atoms with Crippen molar-refractivity contribution in [3.8, 4) is 5.75 Å². The fourth-order valence-corrected chi connectivity index (χ4v) is 3.88. The lowest BCUT2D eigenvalue weighted by Gasteiger charge is -2.32. The van der Waals surface area contributed by atoms with E-state index in [0.29, 0.717) is 11.2 Å². The van der Waals surface area contributed by atoms with Crippen molar-refractivity contribution in [2.24, 2.45) is 0 Å². The van der Waals surface area contributed by atoms with Gasteiger partial charge in [-0.05, 0) is 57.3 Å². The lowest BCUT2D eigenvalue weighted by molar-refractivity contribution is -0.384. The molecule has 1 aromatic carbocycles. The number of phenols is 1. The van der Waals surface area contributed by atoms with Crippen molar-refractivity contribution in [1.29, 1.82) is 0 Å². The molecule has 2 heterocycles. The van der Waals surface area contributed by atoms with Gasteiger partial charge in [-0.15, -0.1) is 0 Å². The van der Waals surface area contributed by atoms with Gasteiger partial charge in [0.1, 0.15) is 11.4 Å². The zero-order chi connectivity index (χ0) is 14.9. The Balaban J connectivity index is 1.64. The Hall–Kier alpha value is -1.82. The van der Waals surface area contributed by atoms with Crippen LogP contribution in [0.1, 0.15) is 32.1 Å². The van der Waals surface area contributed by atoms with Crippen LogP contribution in [0.5, 0.6) is 5.75 Å². The molecule has 2 aliphatic heterocycles. The van der Waals surface area contributed by atoms with E-state index in [4.69, 9.17) is 0 Å². The summed E-state index contributed by atoms with van der Waals surface area (Å²) in [6.07, 6.45) is 6.03. The van der Waals surface area contributed by atoms with Gasteiger partial charge in [0.05, 0.1) is 11.0 Å². The average Bonchev–Trinajstić information content (AvgIpc) is 2.99. The van der Waals surface area contributed by atoms with E-state index >= 15 is 0 Å². The van der Waals surface area contributed by atoms with E-state index in [1.54, 1.807) is 6.07 Å². The SMILES string of the molecule is O=[N+]([O-])c1cc(O)ccc1NCCC12CCCN1CCC2. The number of phenolic OH excluding ortho intramolecular Hbond substituents is 1. The summed E-state index contributed by atoms with van der Waals surface area (Å²) in [6, 6.07) is 4.25. The topological polar surface area (TPSA) is 78.6 Å². The Morgan fingerprint density at radius 3 is 2.71 bits per heavy atom. The first-order valence-corrected chi connectivity index (χ1v) is 7.57. The van der Waals surface area contributed by atoms with Crippen molar-refractivity contribution in [3.05, 3.63) is 28.3 Å². The number of benzene rings is 1. The van der Waals surface area contributed by atoms with Gasteiger partial charge in [0.25, 0.3) is 5.69 Å². The molecule has 21 heavy (non-hydrogen) atoms. The number of anilines is 1.